The molecule has 100 valence electrons. The Kier molecular flexibility index (Phi) is 2.75. The molecule has 1 N–H and O–H groups in total. The Bertz CT molecular complexity index is 543. The number of rotatable bonds is 1. The van der Waals surface area contributed by atoms with Gasteiger partial charge in [-0.25, -0.2) is 15.0 Å². The van der Waals surface area contributed by atoms with Crippen molar-refractivity contribution in [2.75, 3.05) is 0 Å². The van der Waals surface area contributed by atoms with Gasteiger partial charge in [-0.05, 0) is 31.1 Å². The standard InChI is InChI=1S/C15H20N4/c1-2-4-11-7-12(6-5-10(11)3-1)14-18-13-8-16-9-17-15(13)19-14/h8-12H,1-7H2,(H,16,17,18,19). The van der Waals surface area contributed by atoms with E-state index in [0.29, 0.717) is 5.92 Å². The Morgan fingerprint density at radius 3 is 2.84 bits per heavy atom. The molecule has 0 saturated heterocycles. The molecule has 2 heterocycles. The van der Waals surface area contributed by atoms with Crippen molar-refractivity contribution in [1.29, 1.82) is 0 Å². The molecule has 2 aliphatic carbocycles. The lowest BCUT2D eigenvalue weighted by atomic mass is 9.67. The Morgan fingerprint density at radius 2 is 1.95 bits per heavy atom. The molecule has 2 aromatic rings. The van der Waals surface area contributed by atoms with Crippen molar-refractivity contribution in [3.05, 3.63) is 18.3 Å². The summed E-state index contributed by atoms with van der Waals surface area (Å²) in [7, 11) is 0. The number of nitrogens with zero attached hydrogens (tertiary/aromatic N) is 3. The fraction of sp³-hybridized carbons (Fsp3) is 0.667. The summed E-state index contributed by atoms with van der Waals surface area (Å²) in [6.45, 7) is 0. The SMILES string of the molecule is c1ncc2[nH]c(C3CCC4CCCCC4C3)nc2n1. The van der Waals surface area contributed by atoms with Crippen molar-refractivity contribution in [3.8, 4) is 0 Å². The lowest BCUT2D eigenvalue weighted by Gasteiger charge is -2.38. The molecule has 0 bridgehead atoms. The zero-order valence-corrected chi connectivity index (χ0v) is 11.2. The molecule has 19 heavy (non-hydrogen) atoms. The molecule has 2 fully saturated rings. The first-order valence-electron chi connectivity index (χ1n) is 7.56. The predicted octanol–water partition coefficient (Wildman–Crippen LogP) is 3.43. The fourth-order valence-corrected chi connectivity index (χ4v) is 4.10. The Hall–Kier alpha value is -1.45. The molecule has 0 aromatic carbocycles. The smallest absolute Gasteiger partial charge is 0.180 e. The summed E-state index contributed by atoms with van der Waals surface area (Å²) >= 11 is 0. The van der Waals surface area contributed by atoms with Crippen molar-refractivity contribution >= 4 is 11.2 Å². The van der Waals surface area contributed by atoms with Gasteiger partial charge in [-0.2, -0.15) is 0 Å². The normalized spacial score (nSPS) is 31.3. The quantitative estimate of drug-likeness (QED) is 0.850. The van der Waals surface area contributed by atoms with Crippen molar-refractivity contribution in [2.24, 2.45) is 11.8 Å². The molecule has 0 aliphatic heterocycles. The minimum absolute atomic E-state index is 0.605. The summed E-state index contributed by atoms with van der Waals surface area (Å²) in [6, 6.07) is 0. The second-order valence-electron chi connectivity index (χ2n) is 6.20. The number of hydrogen-bond donors (Lipinski definition) is 1. The van der Waals surface area contributed by atoms with Crippen LogP contribution in [0, 0.1) is 11.8 Å². The maximum absolute atomic E-state index is 4.67. The molecule has 4 rings (SSSR count). The molecule has 4 nitrogen and oxygen atoms in total. The first-order valence-corrected chi connectivity index (χ1v) is 7.56. The van der Waals surface area contributed by atoms with E-state index in [-0.39, 0.29) is 0 Å². The molecular formula is C15H20N4. The maximum atomic E-state index is 4.67. The number of aromatic amines is 1. The van der Waals surface area contributed by atoms with Crippen LogP contribution < -0.4 is 0 Å². The van der Waals surface area contributed by atoms with Crippen molar-refractivity contribution < 1.29 is 0 Å². The minimum Gasteiger partial charge on any atom is -0.339 e. The van der Waals surface area contributed by atoms with Crippen LogP contribution in [0.25, 0.3) is 11.2 Å². The molecule has 0 radical (unpaired) electrons. The van der Waals surface area contributed by atoms with Crippen LogP contribution in [0.2, 0.25) is 0 Å². The number of imidazole rings is 1. The van der Waals surface area contributed by atoms with Crippen LogP contribution in [0.3, 0.4) is 0 Å². The van der Waals surface area contributed by atoms with Crippen LogP contribution >= 0.6 is 0 Å². The van der Waals surface area contributed by atoms with Gasteiger partial charge in [-0.3, -0.25) is 0 Å². The topological polar surface area (TPSA) is 54.5 Å². The number of H-pyrrole nitrogens is 1. The first kappa shape index (κ1) is 11.4. The van der Waals surface area contributed by atoms with Crippen LogP contribution in [0.5, 0.6) is 0 Å². The number of hydrogen-bond acceptors (Lipinski definition) is 3. The van der Waals surface area contributed by atoms with Gasteiger partial charge >= 0.3 is 0 Å². The average molecular weight is 256 g/mol. The van der Waals surface area contributed by atoms with E-state index in [1.807, 2.05) is 6.20 Å². The third-order valence-corrected chi connectivity index (χ3v) is 5.11. The van der Waals surface area contributed by atoms with Gasteiger partial charge in [0, 0.05) is 5.92 Å². The van der Waals surface area contributed by atoms with Crippen LogP contribution in [-0.2, 0) is 0 Å². The third kappa shape index (κ3) is 2.03. The molecule has 4 heteroatoms. The summed E-state index contributed by atoms with van der Waals surface area (Å²) in [6.07, 6.45) is 13.2. The molecule has 2 aromatic heterocycles. The van der Waals surface area contributed by atoms with Crippen molar-refractivity contribution in [3.63, 3.8) is 0 Å². The Morgan fingerprint density at radius 1 is 1.05 bits per heavy atom. The van der Waals surface area contributed by atoms with E-state index in [4.69, 9.17) is 0 Å². The molecular weight excluding hydrogens is 236 g/mol. The predicted molar refractivity (Wildman–Crippen MR) is 73.7 cm³/mol. The van der Waals surface area contributed by atoms with Crippen LogP contribution in [-0.4, -0.2) is 19.9 Å². The number of fused-ring (bicyclic) bond motifs is 2. The van der Waals surface area contributed by atoms with E-state index in [1.165, 1.54) is 44.9 Å². The summed E-state index contributed by atoms with van der Waals surface area (Å²) in [5, 5.41) is 0. The van der Waals surface area contributed by atoms with Gasteiger partial charge in [0.25, 0.3) is 0 Å². The molecule has 3 unspecified atom stereocenters. The van der Waals surface area contributed by atoms with Crippen LogP contribution in [0.1, 0.15) is 56.7 Å². The number of nitrogens with one attached hydrogen (secondary N) is 1. The lowest BCUT2D eigenvalue weighted by molar-refractivity contribution is 0.153. The zero-order valence-electron chi connectivity index (χ0n) is 11.2. The molecule has 2 saturated carbocycles. The zero-order chi connectivity index (χ0) is 12.7. The fourth-order valence-electron chi connectivity index (χ4n) is 4.10. The Labute approximate surface area is 113 Å². The van der Waals surface area contributed by atoms with Crippen LogP contribution in [0.15, 0.2) is 12.5 Å². The molecule has 3 atom stereocenters. The highest BCUT2D eigenvalue weighted by Crippen LogP contribution is 2.45. The van der Waals surface area contributed by atoms with E-state index in [1.54, 1.807) is 6.33 Å². The summed E-state index contributed by atoms with van der Waals surface area (Å²) in [5.74, 6) is 3.68. The highest BCUT2D eigenvalue weighted by atomic mass is 15.0. The summed E-state index contributed by atoms with van der Waals surface area (Å²) < 4.78 is 0. The van der Waals surface area contributed by atoms with Crippen molar-refractivity contribution in [2.45, 2.75) is 50.9 Å². The first-order chi connectivity index (χ1) is 9.40. The van der Waals surface area contributed by atoms with E-state index in [9.17, 15) is 0 Å². The van der Waals surface area contributed by atoms with E-state index in [2.05, 4.69) is 19.9 Å². The molecule has 0 spiro atoms. The molecule has 2 aliphatic rings. The second-order valence-corrected chi connectivity index (χ2v) is 6.20. The largest absolute Gasteiger partial charge is 0.339 e. The van der Waals surface area contributed by atoms with Gasteiger partial charge in [0.2, 0.25) is 0 Å². The lowest BCUT2D eigenvalue weighted by Crippen LogP contribution is -2.27. The monoisotopic (exact) mass is 256 g/mol. The van der Waals surface area contributed by atoms with Gasteiger partial charge in [-0.15, -0.1) is 0 Å². The van der Waals surface area contributed by atoms with E-state index in [0.717, 1.165) is 28.8 Å². The highest BCUT2D eigenvalue weighted by molar-refractivity contribution is 5.68. The van der Waals surface area contributed by atoms with Gasteiger partial charge in [-0.1, -0.05) is 25.7 Å². The van der Waals surface area contributed by atoms with E-state index >= 15 is 0 Å². The van der Waals surface area contributed by atoms with Crippen molar-refractivity contribution in [1.82, 2.24) is 19.9 Å². The van der Waals surface area contributed by atoms with Gasteiger partial charge < -0.3 is 4.98 Å². The van der Waals surface area contributed by atoms with Gasteiger partial charge in [0.05, 0.1) is 6.20 Å². The van der Waals surface area contributed by atoms with Crippen LogP contribution in [0.4, 0.5) is 0 Å². The molecule has 0 amide bonds. The minimum atomic E-state index is 0.605. The summed E-state index contributed by atoms with van der Waals surface area (Å²) in [5.41, 5.74) is 1.79. The summed E-state index contributed by atoms with van der Waals surface area (Å²) in [4.78, 5) is 16.4. The maximum Gasteiger partial charge on any atom is 0.180 e. The highest BCUT2D eigenvalue weighted by Gasteiger charge is 2.33. The Balaban J connectivity index is 1.58. The third-order valence-electron chi connectivity index (χ3n) is 5.11. The number of aromatic nitrogens is 4. The second kappa shape index (κ2) is 4.58. The average Bonchev–Trinajstić information content (AvgIpc) is 2.90. The van der Waals surface area contributed by atoms with E-state index < -0.39 is 0 Å². The van der Waals surface area contributed by atoms with Gasteiger partial charge in [0.1, 0.15) is 17.7 Å². The van der Waals surface area contributed by atoms with Gasteiger partial charge in [0.15, 0.2) is 5.65 Å².